The van der Waals surface area contributed by atoms with Gasteiger partial charge in [-0.3, -0.25) is 0 Å². The van der Waals surface area contributed by atoms with Gasteiger partial charge in [0.15, 0.2) is 0 Å². The van der Waals surface area contributed by atoms with Gasteiger partial charge >= 0.3 is 0 Å². The summed E-state index contributed by atoms with van der Waals surface area (Å²) in [4.78, 5) is 10.1. The molecule has 0 fully saturated rings. The Morgan fingerprint density at radius 3 is 1.32 bits per heavy atom. The number of hydrogen-bond acceptors (Lipinski definition) is 1. The van der Waals surface area contributed by atoms with E-state index in [2.05, 4.69) is 19.1 Å². The minimum absolute atomic E-state index is 0.758. The van der Waals surface area contributed by atoms with Gasteiger partial charge in [0.05, 0.1) is 0 Å². The van der Waals surface area contributed by atoms with Crippen molar-refractivity contribution >= 4 is 6.29 Å². The van der Waals surface area contributed by atoms with E-state index < -0.39 is 0 Å². The molecule has 0 heterocycles. The van der Waals surface area contributed by atoms with Crippen molar-refractivity contribution in [3.8, 4) is 0 Å². The number of allylic oxidation sites excluding steroid dienone is 2. The molecule has 0 rings (SSSR count). The summed E-state index contributed by atoms with van der Waals surface area (Å²) in [5, 5.41) is 0. The van der Waals surface area contributed by atoms with Gasteiger partial charge in [0.2, 0.25) is 0 Å². The molecule has 0 bridgehead atoms. The molecular weight excluding hydrogens is 232 g/mol. The van der Waals surface area contributed by atoms with Gasteiger partial charge in [-0.15, -0.1) is 0 Å². The first-order valence-corrected chi connectivity index (χ1v) is 8.46. The fraction of sp³-hybridized carbons (Fsp3) is 0.833. The van der Waals surface area contributed by atoms with E-state index in [1.807, 2.05) is 0 Å². The van der Waals surface area contributed by atoms with Crippen LogP contribution in [0.25, 0.3) is 0 Å². The quantitative estimate of drug-likeness (QED) is 0.195. The van der Waals surface area contributed by atoms with Gasteiger partial charge < -0.3 is 4.79 Å². The summed E-state index contributed by atoms with van der Waals surface area (Å²) in [5.74, 6) is 0. The number of unbranched alkanes of at least 4 members (excludes halogenated alkanes) is 13. The summed E-state index contributed by atoms with van der Waals surface area (Å²) < 4.78 is 0. The second-order valence-electron chi connectivity index (χ2n) is 5.56. The lowest BCUT2D eigenvalue weighted by molar-refractivity contribution is -0.107. The zero-order chi connectivity index (χ0) is 14.0. The zero-order valence-corrected chi connectivity index (χ0v) is 13.0. The summed E-state index contributed by atoms with van der Waals surface area (Å²) >= 11 is 0. The van der Waals surface area contributed by atoms with E-state index in [9.17, 15) is 4.79 Å². The minimum atomic E-state index is 0.758. The first-order chi connectivity index (χ1) is 9.41. The Morgan fingerprint density at radius 2 is 0.947 bits per heavy atom. The van der Waals surface area contributed by atoms with E-state index in [4.69, 9.17) is 0 Å². The van der Waals surface area contributed by atoms with E-state index in [1.165, 1.54) is 77.0 Å². The molecule has 0 atom stereocenters. The van der Waals surface area contributed by atoms with Crippen molar-refractivity contribution in [1.82, 2.24) is 0 Å². The SMILES string of the molecule is C/C=C/CCCCCCCCCCCCCCC=O. The van der Waals surface area contributed by atoms with Crippen LogP contribution in [0, 0.1) is 0 Å². The lowest BCUT2D eigenvalue weighted by atomic mass is 10.0. The number of carbonyl (C=O) groups is 1. The fourth-order valence-electron chi connectivity index (χ4n) is 2.42. The summed E-state index contributed by atoms with van der Waals surface area (Å²) in [7, 11) is 0. The second kappa shape index (κ2) is 17.4. The van der Waals surface area contributed by atoms with Crippen LogP contribution in [0.2, 0.25) is 0 Å². The Kier molecular flexibility index (Phi) is 16.9. The third kappa shape index (κ3) is 17.4. The average Bonchev–Trinajstić information content (AvgIpc) is 2.43. The fourth-order valence-corrected chi connectivity index (χ4v) is 2.42. The molecule has 0 aromatic heterocycles. The van der Waals surface area contributed by atoms with E-state index in [0.717, 1.165) is 19.1 Å². The number of rotatable bonds is 15. The third-order valence-corrected chi connectivity index (χ3v) is 3.68. The maximum absolute atomic E-state index is 10.1. The summed E-state index contributed by atoms with van der Waals surface area (Å²) in [5.41, 5.74) is 0. The van der Waals surface area contributed by atoms with Crippen molar-refractivity contribution in [3.63, 3.8) is 0 Å². The first-order valence-electron chi connectivity index (χ1n) is 8.46. The molecule has 19 heavy (non-hydrogen) atoms. The highest BCUT2D eigenvalue weighted by atomic mass is 16.1. The average molecular weight is 266 g/mol. The van der Waals surface area contributed by atoms with Gasteiger partial charge in [-0.05, 0) is 26.2 Å². The molecular formula is C18H34O. The molecule has 1 heteroatoms. The Bertz CT molecular complexity index is 196. The standard InChI is InChI=1S/C18H34O/c1-2-3-4-5-6-7-8-9-10-11-12-13-14-15-16-17-18-19/h2-3,18H,4-17H2,1H3/b3-2+. The largest absolute Gasteiger partial charge is 0.303 e. The van der Waals surface area contributed by atoms with Crippen LogP contribution in [0.3, 0.4) is 0 Å². The molecule has 0 unspecified atom stereocenters. The molecule has 0 N–H and O–H groups in total. The normalized spacial score (nSPS) is 11.2. The summed E-state index contributed by atoms with van der Waals surface area (Å²) in [6, 6.07) is 0. The maximum Gasteiger partial charge on any atom is 0.119 e. The lowest BCUT2D eigenvalue weighted by Gasteiger charge is -2.02. The van der Waals surface area contributed by atoms with Crippen molar-refractivity contribution in [2.45, 2.75) is 96.8 Å². The Balaban J connectivity index is 2.93. The lowest BCUT2D eigenvalue weighted by Crippen LogP contribution is -1.83. The molecule has 112 valence electrons. The van der Waals surface area contributed by atoms with Crippen molar-refractivity contribution < 1.29 is 4.79 Å². The van der Waals surface area contributed by atoms with Crippen LogP contribution >= 0.6 is 0 Å². The molecule has 0 aromatic carbocycles. The molecule has 0 aliphatic carbocycles. The highest BCUT2D eigenvalue weighted by Gasteiger charge is 1.93. The van der Waals surface area contributed by atoms with E-state index >= 15 is 0 Å². The van der Waals surface area contributed by atoms with Gasteiger partial charge in [0.1, 0.15) is 6.29 Å². The van der Waals surface area contributed by atoms with Gasteiger partial charge in [-0.1, -0.05) is 76.4 Å². The van der Waals surface area contributed by atoms with Crippen LogP contribution in [0.1, 0.15) is 96.8 Å². The van der Waals surface area contributed by atoms with E-state index in [0.29, 0.717) is 0 Å². The Morgan fingerprint density at radius 1 is 0.579 bits per heavy atom. The topological polar surface area (TPSA) is 17.1 Å². The first kappa shape index (κ1) is 18.4. The molecule has 0 aromatic rings. The molecule has 0 radical (unpaired) electrons. The van der Waals surface area contributed by atoms with Crippen molar-refractivity contribution in [2.24, 2.45) is 0 Å². The maximum atomic E-state index is 10.1. The molecule has 0 saturated heterocycles. The van der Waals surface area contributed by atoms with E-state index in [1.54, 1.807) is 0 Å². The van der Waals surface area contributed by atoms with Crippen LogP contribution in [0.4, 0.5) is 0 Å². The minimum Gasteiger partial charge on any atom is -0.303 e. The molecule has 0 spiro atoms. The molecule has 0 saturated carbocycles. The van der Waals surface area contributed by atoms with Gasteiger partial charge in [-0.2, -0.15) is 0 Å². The number of carbonyl (C=O) groups excluding carboxylic acids is 1. The smallest absolute Gasteiger partial charge is 0.119 e. The Labute approximate surface area is 120 Å². The zero-order valence-electron chi connectivity index (χ0n) is 13.0. The van der Waals surface area contributed by atoms with Gasteiger partial charge in [0.25, 0.3) is 0 Å². The number of aldehydes is 1. The third-order valence-electron chi connectivity index (χ3n) is 3.68. The van der Waals surface area contributed by atoms with E-state index in [-0.39, 0.29) is 0 Å². The van der Waals surface area contributed by atoms with Crippen LogP contribution in [-0.4, -0.2) is 6.29 Å². The predicted molar refractivity (Wildman–Crippen MR) is 85.5 cm³/mol. The van der Waals surface area contributed by atoms with Gasteiger partial charge in [-0.25, -0.2) is 0 Å². The van der Waals surface area contributed by atoms with Crippen molar-refractivity contribution in [2.75, 3.05) is 0 Å². The van der Waals surface area contributed by atoms with Crippen molar-refractivity contribution in [3.05, 3.63) is 12.2 Å². The predicted octanol–water partition coefficient (Wildman–Crippen LogP) is 6.22. The summed E-state index contributed by atoms with van der Waals surface area (Å²) in [6.07, 6.45) is 23.8. The van der Waals surface area contributed by atoms with Crippen LogP contribution in [0.15, 0.2) is 12.2 Å². The highest BCUT2D eigenvalue weighted by molar-refractivity contribution is 5.48. The molecule has 0 aliphatic heterocycles. The molecule has 1 nitrogen and oxygen atoms in total. The van der Waals surface area contributed by atoms with Crippen LogP contribution < -0.4 is 0 Å². The monoisotopic (exact) mass is 266 g/mol. The second-order valence-corrected chi connectivity index (χ2v) is 5.56. The molecule has 0 amide bonds. The summed E-state index contributed by atoms with van der Waals surface area (Å²) in [6.45, 7) is 2.10. The molecule has 0 aliphatic rings. The number of hydrogen-bond donors (Lipinski definition) is 0. The van der Waals surface area contributed by atoms with Gasteiger partial charge in [0, 0.05) is 6.42 Å². The Hall–Kier alpha value is -0.590. The van der Waals surface area contributed by atoms with Crippen LogP contribution in [0.5, 0.6) is 0 Å². The van der Waals surface area contributed by atoms with Crippen molar-refractivity contribution in [1.29, 1.82) is 0 Å². The van der Waals surface area contributed by atoms with Crippen LogP contribution in [-0.2, 0) is 4.79 Å². The highest BCUT2D eigenvalue weighted by Crippen LogP contribution is 2.12.